The van der Waals surface area contributed by atoms with Gasteiger partial charge >= 0.3 is 0 Å². The van der Waals surface area contributed by atoms with E-state index >= 15 is 0 Å². The van der Waals surface area contributed by atoms with Crippen LogP contribution in [-0.2, 0) is 11.2 Å². The molecule has 0 bridgehead atoms. The molecule has 0 aromatic heterocycles. The van der Waals surface area contributed by atoms with Crippen LogP contribution in [-0.4, -0.2) is 22.0 Å². The first kappa shape index (κ1) is 14.9. The van der Waals surface area contributed by atoms with Crippen molar-refractivity contribution in [1.29, 1.82) is 0 Å². The number of hydrogen-bond donors (Lipinski definition) is 1. The first-order valence-electron chi connectivity index (χ1n) is 6.70. The lowest BCUT2D eigenvalue weighted by Crippen LogP contribution is -2.49. The van der Waals surface area contributed by atoms with Crippen LogP contribution >= 0.6 is 27.7 Å². The average Bonchev–Trinajstić information content (AvgIpc) is 2.83. The maximum atomic E-state index is 12.4. The molecule has 1 amide bonds. The van der Waals surface area contributed by atoms with E-state index in [1.165, 1.54) is 10.5 Å². The number of carbonyl (C=O) groups is 1. The standard InChI is InChI=1S/C15H20BrNOS/c1-3-15(2,8-9-16)17-14(18)13-10-11-6-4-5-7-12(11)19-13/h4-7,13H,3,8-10H2,1-2H3,(H,17,18). The van der Waals surface area contributed by atoms with Crippen molar-refractivity contribution in [2.24, 2.45) is 0 Å². The van der Waals surface area contributed by atoms with Gasteiger partial charge in [0.15, 0.2) is 0 Å². The monoisotopic (exact) mass is 341 g/mol. The normalized spacial score (nSPS) is 20.7. The zero-order valence-electron chi connectivity index (χ0n) is 11.4. The van der Waals surface area contributed by atoms with Crippen molar-refractivity contribution in [3.63, 3.8) is 0 Å². The van der Waals surface area contributed by atoms with E-state index in [1.807, 2.05) is 12.1 Å². The number of carbonyl (C=O) groups excluding carboxylic acids is 1. The molecule has 1 aliphatic rings. The second kappa shape index (κ2) is 6.31. The highest BCUT2D eigenvalue weighted by Crippen LogP contribution is 2.37. The smallest absolute Gasteiger partial charge is 0.234 e. The molecule has 1 aromatic rings. The van der Waals surface area contributed by atoms with Crippen LogP contribution in [0.25, 0.3) is 0 Å². The van der Waals surface area contributed by atoms with Crippen LogP contribution in [0.2, 0.25) is 0 Å². The fraction of sp³-hybridized carbons (Fsp3) is 0.533. The number of alkyl halides is 1. The molecule has 1 N–H and O–H groups in total. The minimum atomic E-state index is -0.101. The lowest BCUT2D eigenvalue weighted by molar-refractivity contribution is -0.122. The van der Waals surface area contributed by atoms with Crippen molar-refractivity contribution < 1.29 is 4.79 Å². The third-order valence-electron chi connectivity index (χ3n) is 3.79. The van der Waals surface area contributed by atoms with E-state index in [-0.39, 0.29) is 16.7 Å². The van der Waals surface area contributed by atoms with Crippen LogP contribution in [0.4, 0.5) is 0 Å². The molecule has 0 fully saturated rings. The molecular formula is C15H20BrNOS. The Morgan fingerprint density at radius 2 is 2.26 bits per heavy atom. The number of nitrogens with one attached hydrogen (secondary N) is 1. The van der Waals surface area contributed by atoms with Crippen LogP contribution in [0.1, 0.15) is 32.3 Å². The van der Waals surface area contributed by atoms with E-state index in [1.54, 1.807) is 11.8 Å². The summed E-state index contributed by atoms with van der Waals surface area (Å²) in [6.45, 7) is 4.25. The topological polar surface area (TPSA) is 29.1 Å². The molecule has 0 saturated carbocycles. The number of halogens is 1. The molecule has 4 heteroatoms. The minimum Gasteiger partial charge on any atom is -0.350 e. The third kappa shape index (κ3) is 3.54. The van der Waals surface area contributed by atoms with Gasteiger partial charge in [0, 0.05) is 15.8 Å². The van der Waals surface area contributed by atoms with Crippen LogP contribution < -0.4 is 5.32 Å². The van der Waals surface area contributed by atoms with Gasteiger partial charge in [0.2, 0.25) is 5.91 Å². The summed E-state index contributed by atoms with van der Waals surface area (Å²) < 4.78 is 0. The number of amides is 1. The Kier molecular flexibility index (Phi) is 4.96. The van der Waals surface area contributed by atoms with Gasteiger partial charge in [-0.25, -0.2) is 0 Å². The van der Waals surface area contributed by atoms with Crippen LogP contribution in [0.5, 0.6) is 0 Å². The Balaban J connectivity index is 1.99. The summed E-state index contributed by atoms with van der Waals surface area (Å²) in [7, 11) is 0. The molecule has 2 nitrogen and oxygen atoms in total. The van der Waals surface area contributed by atoms with Gasteiger partial charge in [-0.2, -0.15) is 0 Å². The van der Waals surface area contributed by atoms with Gasteiger partial charge in [-0.1, -0.05) is 41.1 Å². The lowest BCUT2D eigenvalue weighted by atomic mass is 9.95. The zero-order valence-corrected chi connectivity index (χ0v) is 13.8. The number of benzene rings is 1. The Morgan fingerprint density at radius 3 is 2.89 bits per heavy atom. The van der Waals surface area contributed by atoms with Gasteiger partial charge in [-0.05, 0) is 37.8 Å². The van der Waals surface area contributed by atoms with Gasteiger partial charge < -0.3 is 5.32 Å². The van der Waals surface area contributed by atoms with Gasteiger partial charge in [-0.15, -0.1) is 11.8 Å². The first-order valence-corrected chi connectivity index (χ1v) is 8.70. The summed E-state index contributed by atoms with van der Waals surface area (Å²) in [6, 6.07) is 8.30. The average molecular weight is 342 g/mol. The predicted molar refractivity (Wildman–Crippen MR) is 85.0 cm³/mol. The van der Waals surface area contributed by atoms with Crippen molar-refractivity contribution >= 4 is 33.6 Å². The molecule has 2 atom stereocenters. The number of rotatable bonds is 5. The fourth-order valence-electron chi connectivity index (χ4n) is 2.24. The van der Waals surface area contributed by atoms with Gasteiger partial charge in [0.25, 0.3) is 0 Å². The van der Waals surface area contributed by atoms with E-state index in [0.717, 1.165) is 24.6 Å². The molecule has 0 radical (unpaired) electrons. The second-order valence-corrected chi connectivity index (χ2v) is 7.30. The van der Waals surface area contributed by atoms with E-state index in [4.69, 9.17) is 0 Å². The summed E-state index contributed by atoms with van der Waals surface area (Å²) >= 11 is 5.16. The van der Waals surface area contributed by atoms with Crippen molar-refractivity contribution in [1.82, 2.24) is 5.32 Å². The number of hydrogen-bond acceptors (Lipinski definition) is 2. The predicted octanol–water partition coefficient (Wildman–Crippen LogP) is 3.77. The van der Waals surface area contributed by atoms with E-state index in [9.17, 15) is 4.79 Å². The fourth-order valence-corrected chi connectivity index (χ4v) is 4.31. The molecule has 1 heterocycles. The molecule has 19 heavy (non-hydrogen) atoms. The van der Waals surface area contributed by atoms with Crippen LogP contribution in [0.3, 0.4) is 0 Å². The van der Waals surface area contributed by atoms with Gasteiger partial charge in [0.05, 0.1) is 5.25 Å². The summed E-state index contributed by atoms with van der Waals surface area (Å²) in [5.41, 5.74) is 1.20. The molecule has 0 aliphatic carbocycles. The summed E-state index contributed by atoms with van der Waals surface area (Å²) in [5.74, 6) is 0.173. The molecule has 104 valence electrons. The summed E-state index contributed by atoms with van der Waals surface area (Å²) in [4.78, 5) is 13.7. The number of thioether (sulfide) groups is 1. The molecular weight excluding hydrogens is 322 g/mol. The van der Waals surface area contributed by atoms with Crippen molar-refractivity contribution in [3.8, 4) is 0 Å². The maximum absolute atomic E-state index is 12.4. The summed E-state index contributed by atoms with van der Waals surface area (Å²) in [5, 5.41) is 4.17. The van der Waals surface area contributed by atoms with Crippen molar-refractivity contribution in [2.75, 3.05) is 5.33 Å². The Bertz CT molecular complexity index is 440. The van der Waals surface area contributed by atoms with Crippen LogP contribution in [0.15, 0.2) is 29.2 Å². The molecule has 1 aliphatic heterocycles. The van der Waals surface area contributed by atoms with E-state index in [0.29, 0.717) is 0 Å². The highest BCUT2D eigenvalue weighted by molar-refractivity contribution is 9.09. The molecule has 2 rings (SSSR count). The largest absolute Gasteiger partial charge is 0.350 e. The van der Waals surface area contributed by atoms with Crippen molar-refractivity contribution in [3.05, 3.63) is 29.8 Å². The highest BCUT2D eigenvalue weighted by Gasteiger charge is 2.32. The lowest BCUT2D eigenvalue weighted by Gasteiger charge is -2.30. The van der Waals surface area contributed by atoms with Crippen LogP contribution in [0, 0.1) is 0 Å². The summed E-state index contributed by atoms with van der Waals surface area (Å²) in [6.07, 6.45) is 2.76. The number of fused-ring (bicyclic) bond motifs is 1. The second-order valence-electron chi connectivity index (χ2n) is 5.26. The highest BCUT2D eigenvalue weighted by atomic mass is 79.9. The Labute approximate surface area is 127 Å². The quantitative estimate of drug-likeness (QED) is 0.826. The maximum Gasteiger partial charge on any atom is 0.234 e. The van der Waals surface area contributed by atoms with E-state index < -0.39 is 0 Å². The zero-order chi connectivity index (χ0) is 13.9. The molecule has 1 aromatic carbocycles. The Morgan fingerprint density at radius 1 is 1.53 bits per heavy atom. The SMILES string of the molecule is CCC(C)(CCBr)NC(=O)C1Cc2ccccc2S1. The molecule has 0 saturated heterocycles. The van der Waals surface area contributed by atoms with E-state index in [2.05, 4.69) is 47.2 Å². The Hall–Kier alpha value is -0.480. The van der Waals surface area contributed by atoms with Gasteiger partial charge in [-0.3, -0.25) is 4.79 Å². The van der Waals surface area contributed by atoms with Crippen molar-refractivity contribution in [2.45, 2.75) is 48.8 Å². The molecule has 0 spiro atoms. The first-order chi connectivity index (χ1) is 9.08. The minimum absolute atomic E-state index is 0.0265. The third-order valence-corrected chi connectivity index (χ3v) is 5.51. The van der Waals surface area contributed by atoms with Gasteiger partial charge in [0.1, 0.15) is 0 Å². The molecule has 2 unspecified atom stereocenters.